The van der Waals surface area contributed by atoms with E-state index in [1.165, 1.54) is 0 Å². The van der Waals surface area contributed by atoms with Gasteiger partial charge in [-0.15, -0.1) is 0 Å². The fraction of sp³-hybridized carbons (Fsp3) is 0.500. The van der Waals surface area contributed by atoms with Gasteiger partial charge in [-0.1, -0.05) is 13.8 Å². The zero-order chi connectivity index (χ0) is 19.3. The molecule has 1 amide bonds. The molecule has 0 aliphatic rings. The second-order valence-corrected chi connectivity index (χ2v) is 6.59. The van der Waals surface area contributed by atoms with Crippen LogP contribution in [0.4, 0.5) is 0 Å². The van der Waals surface area contributed by atoms with Gasteiger partial charge < -0.3 is 20.2 Å². The normalized spacial score (nSPS) is 11.6. The number of ether oxygens (including phenoxy) is 1. The van der Waals surface area contributed by atoms with Gasteiger partial charge in [0.05, 0.1) is 12.6 Å². The minimum atomic E-state index is -0.410. The van der Waals surface area contributed by atoms with Gasteiger partial charge >= 0.3 is 5.63 Å². The summed E-state index contributed by atoms with van der Waals surface area (Å²) in [4.78, 5) is 24.7. The monoisotopic (exact) mass is 360 g/mol. The number of hydrogen-bond acceptors (Lipinski definition) is 5. The van der Waals surface area contributed by atoms with Crippen LogP contribution in [0.2, 0.25) is 0 Å². The standard InChI is InChI=1S/C20H28N2O4/c1-5-20(6-2,12-21)22-18(23)10-9-16-13(3)15-8-7-14(25-4)11-17(15)26-19(16)24/h7-8,11H,5-6,9-10,12,21H2,1-4H3,(H,22,23). The molecule has 6 heteroatoms. The SMILES string of the molecule is CCC(CC)(CN)NC(=O)CCc1c(C)c2ccc(OC)cc2oc1=O. The van der Waals surface area contributed by atoms with Crippen LogP contribution in [0.1, 0.15) is 44.2 Å². The quantitative estimate of drug-likeness (QED) is 0.706. The molecule has 0 fully saturated rings. The van der Waals surface area contributed by atoms with Crippen molar-refractivity contribution in [3.8, 4) is 5.75 Å². The molecule has 1 aromatic heterocycles. The average Bonchev–Trinajstić information content (AvgIpc) is 2.65. The van der Waals surface area contributed by atoms with Crippen molar-refractivity contribution in [1.29, 1.82) is 0 Å². The molecule has 0 bridgehead atoms. The van der Waals surface area contributed by atoms with Crippen LogP contribution in [0.15, 0.2) is 27.4 Å². The Morgan fingerprint density at radius 2 is 2.00 bits per heavy atom. The average molecular weight is 360 g/mol. The van der Waals surface area contributed by atoms with E-state index < -0.39 is 5.63 Å². The number of hydrogen-bond donors (Lipinski definition) is 2. The first-order valence-corrected chi connectivity index (χ1v) is 9.01. The minimum absolute atomic E-state index is 0.104. The molecule has 0 saturated heterocycles. The van der Waals surface area contributed by atoms with Gasteiger partial charge in [0.15, 0.2) is 0 Å². The lowest BCUT2D eigenvalue weighted by atomic mass is 9.92. The number of carbonyl (C=O) groups excluding carboxylic acids is 1. The van der Waals surface area contributed by atoms with E-state index in [-0.39, 0.29) is 17.9 Å². The van der Waals surface area contributed by atoms with Crippen molar-refractivity contribution in [2.45, 2.75) is 52.0 Å². The Morgan fingerprint density at radius 1 is 1.31 bits per heavy atom. The number of aryl methyl sites for hydroxylation is 1. The molecule has 3 N–H and O–H groups in total. The summed E-state index contributed by atoms with van der Waals surface area (Å²) >= 11 is 0. The molecule has 0 atom stereocenters. The molecule has 2 aromatic rings. The van der Waals surface area contributed by atoms with Crippen LogP contribution >= 0.6 is 0 Å². The van der Waals surface area contributed by atoms with E-state index in [0.717, 1.165) is 23.8 Å². The number of rotatable bonds is 8. The van der Waals surface area contributed by atoms with Crippen LogP contribution in [-0.4, -0.2) is 25.1 Å². The van der Waals surface area contributed by atoms with Gasteiger partial charge in [0.1, 0.15) is 11.3 Å². The topological polar surface area (TPSA) is 94.6 Å². The highest BCUT2D eigenvalue weighted by Gasteiger charge is 2.26. The zero-order valence-electron chi connectivity index (χ0n) is 16.0. The van der Waals surface area contributed by atoms with E-state index in [4.69, 9.17) is 14.9 Å². The molecule has 26 heavy (non-hydrogen) atoms. The molecule has 2 rings (SSSR count). The lowest BCUT2D eigenvalue weighted by Gasteiger charge is -2.31. The fourth-order valence-electron chi connectivity index (χ4n) is 3.15. The first kappa shape index (κ1) is 20.0. The van der Waals surface area contributed by atoms with E-state index in [2.05, 4.69) is 5.32 Å². The number of carbonyl (C=O) groups is 1. The number of methoxy groups -OCH3 is 1. The highest BCUT2D eigenvalue weighted by Crippen LogP contribution is 2.24. The lowest BCUT2D eigenvalue weighted by molar-refractivity contribution is -0.123. The Kier molecular flexibility index (Phi) is 6.42. The van der Waals surface area contributed by atoms with Crippen LogP contribution in [0.3, 0.4) is 0 Å². The molecular weight excluding hydrogens is 332 g/mol. The van der Waals surface area contributed by atoms with Gasteiger partial charge in [0.2, 0.25) is 5.91 Å². The summed E-state index contributed by atoms with van der Waals surface area (Å²) in [5.41, 5.74) is 6.89. The highest BCUT2D eigenvalue weighted by atomic mass is 16.5. The zero-order valence-corrected chi connectivity index (χ0v) is 16.0. The summed E-state index contributed by atoms with van der Waals surface area (Å²) in [5, 5.41) is 3.87. The maximum absolute atomic E-state index is 12.4. The van der Waals surface area contributed by atoms with Crippen LogP contribution in [0, 0.1) is 6.92 Å². The van der Waals surface area contributed by atoms with Crippen molar-refractivity contribution in [3.63, 3.8) is 0 Å². The summed E-state index contributed by atoms with van der Waals surface area (Å²) in [5.74, 6) is 0.525. The van der Waals surface area contributed by atoms with E-state index in [1.54, 1.807) is 13.2 Å². The summed E-state index contributed by atoms with van der Waals surface area (Å²) in [7, 11) is 1.56. The predicted octanol–water partition coefficient (Wildman–Crippen LogP) is 2.68. The third-order valence-corrected chi connectivity index (χ3v) is 5.25. The molecule has 0 spiro atoms. The molecule has 142 valence electrons. The Morgan fingerprint density at radius 3 is 2.58 bits per heavy atom. The number of amides is 1. The minimum Gasteiger partial charge on any atom is -0.497 e. The number of benzene rings is 1. The first-order valence-electron chi connectivity index (χ1n) is 9.01. The molecule has 1 aromatic carbocycles. The van der Waals surface area contributed by atoms with Crippen molar-refractivity contribution in [3.05, 3.63) is 39.7 Å². The van der Waals surface area contributed by atoms with Gasteiger partial charge in [-0.05, 0) is 43.9 Å². The lowest BCUT2D eigenvalue weighted by Crippen LogP contribution is -2.52. The van der Waals surface area contributed by atoms with Crippen molar-refractivity contribution in [1.82, 2.24) is 5.32 Å². The second-order valence-electron chi connectivity index (χ2n) is 6.59. The molecule has 0 saturated carbocycles. The van der Waals surface area contributed by atoms with Gasteiger partial charge in [-0.2, -0.15) is 0 Å². The Bertz CT molecular complexity index is 829. The van der Waals surface area contributed by atoms with Crippen molar-refractivity contribution < 1.29 is 13.9 Å². The van der Waals surface area contributed by atoms with Crippen LogP contribution in [0.5, 0.6) is 5.75 Å². The Hall–Kier alpha value is -2.34. The molecule has 0 aliphatic heterocycles. The van der Waals surface area contributed by atoms with E-state index >= 15 is 0 Å². The Balaban J connectivity index is 2.21. The van der Waals surface area contributed by atoms with Crippen molar-refractivity contribution >= 4 is 16.9 Å². The Labute approximate surface area is 153 Å². The third-order valence-electron chi connectivity index (χ3n) is 5.25. The number of fused-ring (bicyclic) bond motifs is 1. The number of nitrogens with two attached hydrogens (primary N) is 1. The predicted molar refractivity (Wildman–Crippen MR) is 103 cm³/mol. The third kappa shape index (κ3) is 4.07. The van der Waals surface area contributed by atoms with Crippen molar-refractivity contribution in [2.24, 2.45) is 5.73 Å². The maximum atomic E-state index is 12.4. The maximum Gasteiger partial charge on any atom is 0.339 e. The van der Waals surface area contributed by atoms with E-state index in [9.17, 15) is 9.59 Å². The van der Waals surface area contributed by atoms with Crippen LogP contribution in [0.25, 0.3) is 11.0 Å². The summed E-state index contributed by atoms with van der Waals surface area (Å²) in [6.45, 7) is 6.28. The molecule has 0 unspecified atom stereocenters. The van der Waals surface area contributed by atoms with Gasteiger partial charge in [0, 0.05) is 30.0 Å². The van der Waals surface area contributed by atoms with Crippen LogP contribution in [-0.2, 0) is 11.2 Å². The number of nitrogens with one attached hydrogen (secondary N) is 1. The van der Waals surface area contributed by atoms with Crippen molar-refractivity contribution in [2.75, 3.05) is 13.7 Å². The van der Waals surface area contributed by atoms with Crippen LogP contribution < -0.4 is 21.4 Å². The molecule has 6 nitrogen and oxygen atoms in total. The molecule has 0 aliphatic carbocycles. The van der Waals surface area contributed by atoms with Gasteiger partial charge in [0.25, 0.3) is 0 Å². The fourth-order valence-corrected chi connectivity index (χ4v) is 3.15. The molecule has 1 heterocycles. The highest BCUT2D eigenvalue weighted by molar-refractivity contribution is 5.83. The summed E-state index contributed by atoms with van der Waals surface area (Å²) in [6.07, 6.45) is 2.08. The van der Waals surface area contributed by atoms with Gasteiger partial charge in [-0.3, -0.25) is 4.79 Å². The summed E-state index contributed by atoms with van der Waals surface area (Å²) in [6, 6.07) is 5.38. The van der Waals surface area contributed by atoms with E-state index in [0.29, 0.717) is 29.9 Å². The largest absolute Gasteiger partial charge is 0.497 e. The van der Waals surface area contributed by atoms with E-state index in [1.807, 2.05) is 32.9 Å². The second kappa shape index (κ2) is 8.36. The molecule has 0 radical (unpaired) electrons. The van der Waals surface area contributed by atoms with Gasteiger partial charge in [-0.25, -0.2) is 4.79 Å². The molecular formula is C20H28N2O4. The smallest absolute Gasteiger partial charge is 0.339 e. The first-order chi connectivity index (χ1) is 12.4. The summed E-state index contributed by atoms with van der Waals surface area (Å²) < 4.78 is 10.6.